The van der Waals surface area contributed by atoms with Crippen molar-refractivity contribution in [3.8, 4) is 0 Å². The minimum atomic E-state index is -0.0174. The first-order chi connectivity index (χ1) is 9.20. The number of fused-ring (bicyclic) bond motifs is 1. The third-order valence-corrected chi connectivity index (χ3v) is 4.09. The Balaban J connectivity index is 1.97. The number of amides is 1. The highest BCUT2D eigenvalue weighted by molar-refractivity contribution is 7.08. The first-order valence-electron chi connectivity index (χ1n) is 6.22. The molecule has 5 nitrogen and oxygen atoms in total. The van der Waals surface area contributed by atoms with Gasteiger partial charge in [-0.25, -0.2) is 0 Å². The van der Waals surface area contributed by atoms with Gasteiger partial charge in [-0.3, -0.25) is 4.79 Å². The van der Waals surface area contributed by atoms with Gasteiger partial charge in [0, 0.05) is 17.9 Å². The minimum Gasteiger partial charge on any atom is -0.399 e. The van der Waals surface area contributed by atoms with E-state index in [0.29, 0.717) is 17.1 Å². The largest absolute Gasteiger partial charge is 0.399 e. The summed E-state index contributed by atoms with van der Waals surface area (Å²) in [6.07, 6.45) is 1.59. The van der Waals surface area contributed by atoms with Crippen molar-refractivity contribution < 1.29 is 4.79 Å². The van der Waals surface area contributed by atoms with Crippen LogP contribution in [0.2, 0.25) is 0 Å². The van der Waals surface area contributed by atoms with Gasteiger partial charge in [0.1, 0.15) is 4.88 Å². The molecule has 1 aromatic heterocycles. The van der Waals surface area contributed by atoms with E-state index in [4.69, 9.17) is 5.73 Å². The first kappa shape index (κ1) is 12.1. The zero-order valence-corrected chi connectivity index (χ0v) is 11.4. The molecule has 2 aromatic rings. The number of carbonyl (C=O) groups is 1. The summed E-state index contributed by atoms with van der Waals surface area (Å²) < 4.78 is 3.88. The van der Waals surface area contributed by atoms with Gasteiger partial charge >= 0.3 is 0 Å². The summed E-state index contributed by atoms with van der Waals surface area (Å²) in [5.74, 6) is -0.0174. The van der Waals surface area contributed by atoms with Crippen molar-refractivity contribution in [2.75, 3.05) is 17.2 Å². The molecule has 1 aliphatic rings. The number of nitrogens with two attached hydrogens (primary N) is 1. The molecule has 0 unspecified atom stereocenters. The van der Waals surface area contributed by atoms with Gasteiger partial charge in [-0.05, 0) is 42.1 Å². The summed E-state index contributed by atoms with van der Waals surface area (Å²) in [7, 11) is 0. The van der Waals surface area contributed by atoms with Crippen LogP contribution in [-0.4, -0.2) is 22.0 Å². The fraction of sp³-hybridized carbons (Fsp3) is 0.308. The van der Waals surface area contributed by atoms with Crippen molar-refractivity contribution >= 4 is 28.8 Å². The highest BCUT2D eigenvalue weighted by Crippen LogP contribution is 2.31. The van der Waals surface area contributed by atoms with E-state index in [1.54, 1.807) is 4.90 Å². The number of nitrogen functional groups attached to an aromatic ring is 1. The monoisotopic (exact) mass is 274 g/mol. The lowest BCUT2D eigenvalue weighted by Crippen LogP contribution is -2.29. The number of hydrogen-bond donors (Lipinski definition) is 1. The summed E-state index contributed by atoms with van der Waals surface area (Å²) in [6.45, 7) is 2.67. The number of rotatable bonds is 2. The quantitative estimate of drug-likeness (QED) is 0.849. The maximum absolute atomic E-state index is 12.6. The highest BCUT2D eigenvalue weighted by Gasteiger charge is 2.28. The van der Waals surface area contributed by atoms with Gasteiger partial charge in [0.05, 0.1) is 5.69 Å². The summed E-state index contributed by atoms with van der Waals surface area (Å²) >= 11 is 1.16. The number of nitrogens with zero attached hydrogens (tertiary/aromatic N) is 3. The molecule has 1 aromatic carbocycles. The maximum atomic E-state index is 12.6. The Hall–Kier alpha value is -1.95. The predicted octanol–water partition coefficient (Wildman–Crippen LogP) is 1.89. The van der Waals surface area contributed by atoms with E-state index in [9.17, 15) is 4.79 Å². The lowest BCUT2D eigenvalue weighted by atomic mass is 10.1. The number of aromatic nitrogens is 2. The summed E-state index contributed by atoms with van der Waals surface area (Å²) in [5, 5.41) is 4.00. The van der Waals surface area contributed by atoms with Crippen LogP contribution in [0.25, 0.3) is 0 Å². The molecule has 98 valence electrons. The second-order valence-corrected chi connectivity index (χ2v) is 5.25. The zero-order valence-electron chi connectivity index (χ0n) is 10.6. The molecule has 2 N–H and O–H groups in total. The molecule has 0 saturated carbocycles. The van der Waals surface area contributed by atoms with Gasteiger partial charge in [0.2, 0.25) is 0 Å². The Labute approximate surface area is 115 Å². The second kappa shape index (κ2) is 4.62. The van der Waals surface area contributed by atoms with Gasteiger partial charge in [0.15, 0.2) is 0 Å². The van der Waals surface area contributed by atoms with Crippen LogP contribution in [0.3, 0.4) is 0 Å². The van der Waals surface area contributed by atoms with Crippen LogP contribution in [0.1, 0.15) is 27.9 Å². The topological polar surface area (TPSA) is 72.1 Å². The van der Waals surface area contributed by atoms with Crippen molar-refractivity contribution in [3.05, 3.63) is 34.3 Å². The van der Waals surface area contributed by atoms with Crippen LogP contribution >= 0.6 is 11.5 Å². The summed E-state index contributed by atoms with van der Waals surface area (Å²) in [4.78, 5) is 15.0. The lowest BCUT2D eigenvalue weighted by Gasteiger charge is -2.16. The smallest absolute Gasteiger partial charge is 0.271 e. The number of anilines is 2. The van der Waals surface area contributed by atoms with Gasteiger partial charge in [-0.15, -0.1) is 5.10 Å². The predicted molar refractivity (Wildman–Crippen MR) is 75.5 cm³/mol. The van der Waals surface area contributed by atoms with Gasteiger partial charge in [0.25, 0.3) is 5.91 Å². The van der Waals surface area contributed by atoms with E-state index in [1.807, 2.05) is 25.1 Å². The van der Waals surface area contributed by atoms with E-state index in [1.165, 1.54) is 0 Å². The Morgan fingerprint density at radius 2 is 2.37 bits per heavy atom. The van der Waals surface area contributed by atoms with Gasteiger partial charge in [-0.1, -0.05) is 17.5 Å². The molecule has 1 amide bonds. The SMILES string of the molecule is CCc1nnsc1C(=O)N1CCc2ccc(N)cc21. The standard InChI is InChI=1S/C13H14N4OS/c1-2-10-12(19-16-15-10)13(18)17-6-5-8-3-4-9(14)7-11(8)17/h3-4,7H,2,5-6,14H2,1H3. The van der Waals surface area contributed by atoms with Crippen LogP contribution in [0.15, 0.2) is 18.2 Å². The molecule has 0 bridgehead atoms. The molecule has 0 spiro atoms. The molecule has 19 heavy (non-hydrogen) atoms. The lowest BCUT2D eigenvalue weighted by molar-refractivity contribution is 0.0992. The second-order valence-electron chi connectivity index (χ2n) is 4.50. The van der Waals surface area contributed by atoms with Crippen molar-refractivity contribution in [3.63, 3.8) is 0 Å². The van der Waals surface area contributed by atoms with Crippen LogP contribution < -0.4 is 10.6 Å². The molecular weight excluding hydrogens is 260 g/mol. The molecule has 1 aliphatic heterocycles. The third-order valence-electron chi connectivity index (χ3n) is 3.33. The van der Waals surface area contributed by atoms with E-state index in [0.717, 1.165) is 41.3 Å². The van der Waals surface area contributed by atoms with Crippen LogP contribution in [0, 0.1) is 0 Å². The van der Waals surface area contributed by atoms with Crippen molar-refractivity contribution in [1.29, 1.82) is 0 Å². The molecular formula is C13H14N4OS. The molecule has 0 fully saturated rings. The van der Waals surface area contributed by atoms with E-state index >= 15 is 0 Å². The number of aryl methyl sites for hydroxylation is 1. The Kier molecular flexibility index (Phi) is 2.94. The first-order valence-corrected chi connectivity index (χ1v) is 6.99. The number of benzene rings is 1. The van der Waals surface area contributed by atoms with Crippen molar-refractivity contribution in [2.24, 2.45) is 0 Å². The zero-order chi connectivity index (χ0) is 13.4. The Morgan fingerprint density at radius 1 is 1.53 bits per heavy atom. The molecule has 0 radical (unpaired) electrons. The normalized spacial score (nSPS) is 13.6. The fourth-order valence-corrected chi connectivity index (χ4v) is 3.03. The van der Waals surface area contributed by atoms with E-state index in [-0.39, 0.29) is 5.91 Å². The number of hydrogen-bond acceptors (Lipinski definition) is 5. The summed E-state index contributed by atoms with van der Waals surface area (Å²) in [5.41, 5.74) is 9.34. The molecule has 0 aliphatic carbocycles. The highest BCUT2D eigenvalue weighted by atomic mass is 32.1. The average molecular weight is 274 g/mol. The van der Waals surface area contributed by atoms with E-state index < -0.39 is 0 Å². The molecule has 2 heterocycles. The Bertz CT molecular complexity index is 637. The van der Waals surface area contributed by atoms with Crippen LogP contribution in [-0.2, 0) is 12.8 Å². The van der Waals surface area contributed by atoms with Crippen LogP contribution in [0.4, 0.5) is 11.4 Å². The Morgan fingerprint density at radius 3 is 3.16 bits per heavy atom. The van der Waals surface area contributed by atoms with Crippen molar-refractivity contribution in [1.82, 2.24) is 9.59 Å². The minimum absolute atomic E-state index is 0.0174. The third kappa shape index (κ3) is 1.98. The molecule has 3 rings (SSSR count). The molecule has 0 saturated heterocycles. The average Bonchev–Trinajstić information content (AvgIpc) is 3.03. The maximum Gasteiger partial charge on any atom is 0.271 e. The van der Waals surface area contributed by atoms with Gasteiger partial charge in [-0.2, -0.15) is 0 Å². The van der Waals surface area contributed by atoms with E-state index in [2.05, 4.69) is 9.59 Å². The molecule has 0 atom stereocenters. The van der Waals surface area contributed by atoms with Crippen molar-refractivity contribution in [2.45, 2.75) is 19.8 Å². The molecule has 6 heteroatoms. The summed E-state index contributed by atoms with van der Waals surface area (Å²) in [6, 6.07) is 5.72. The fourth-order valence-electron chi connectivity index (χ4n) is 2.33. The van der Waals surface area contributed by atoms with Gasteiger partial charge < -0.3 is 10.6 Å². The van der Waals surface area contributed by atoms with Crippen LogP contribution in [0.5, 0.6) is 0 Å². The number of carbonyl (C=O) groups excluding carboxylic acids is 1.